The SMILES string of the molecule is O=C(C=C(O)c1cc(Cc2c(F)cccc2F)cn(Cc2ccccc2F)c1=O)C(=O)N1CCN(c2cccc3ccccc23)CC1. The van der Waals surface area contributed by atoms with Crippen LogP contribution >= 0.6 is 0 Å². The predicted molar refractivity (Wildman–Crippen MR) is 174 cm³/mol. The number of ketones is 1. The number of aliphatic hydroxyl groups excluding tert-OH is 1. The second-order valence-electron chi connectivity index (χ2n) is 11.3. The zero-order valence-corrected chi connectivity index (χ0v) is 25.2. The normalized spacial score (nSPS) is 13.6. The first kappa shape index (κ1) is 31.3. The number of hydrogen-bond acceptors (Lipinski definition) is 5. The van der Waals surface area contributed by atoms with Crippen LogP contribution in [-0.2, 0) is 22.6 Å². The van der Waals surface area contributed by atoms with Crippen molar-refractivity contribution in [3.8, 4) is 0 Å². The van der Waals surface area contributed by atoms with Crippen LogP contribution in [0.3, 0.4) is 0 Å². The van der Waals surface area contributed by atoms with Crippen LogP contribution in [0.15, 0.2) is 108 Å². The van der Waals surface area contributed by atoms with Gasteiger partial charge in [-0.15, -0.1) is 0 Å². The highest BCUT2D eigenvalue weighted by Crippen LogP contribution is 2.27. The van der Waals surface area contributed by atoms with E-state index in [0.29, 0.717) is 19.2 Å². The van der Waals surface area contributed by atoms with Crippen molar-refractivity contribution in [3.05, 3.63) is 153 Å². The number of nitrogens with zero attached hydrogens (tertiary/aromatic N) is 3. The van der Waals surface area contributed by atoms with E-state index >= 15 is 0 Å². The lowest BCUT2D eigenvalue weighted by atomic mass is 10.0. The van der Waals surface area contributed by atoms with E-state index in [-0.39, 0.29) is 48.3 Å². The van der Waals surface area contributed by atoms with Crippen molar-refractivity contribution >= 4 is 33.9 Å². The molecule has 1 saturated heterocycles. The Hall–Kier alpha value is -5.64. The van der Waals surface area contributed by atoms with Gasteiger partial charge in [-0.1, -0.05) is 60.7 Å². The van der Waals surface area contributed by atoms with Gasteiger partial charge in [-0.05, 0) is 41.3 Å². The van der Waals surface area contributed by atoms with Crippen LogP contribution in [0.5, 0.6) is 0 Å². The molecule has 10 heteroatoms. The number of carbonyl (C=O) groups excluding carboxylic acids is 2. The summed E-state index contributed by atoms with van der Waals surface area (Å²) in [6.45, 7) is 1.24. The van der Waals surface area contributed by atoms with Gasteiger partial charge in [0.25, 0.3) is 11.5 Å². The lowest BCUT2D eigenvalue weighted by Crippen LogP contribution is -2.50. The number of anilines is 1. The Morgan fingerprint density at radius 1 is 0.787 bits per heavy atom. The lowest BCUT2D eigenvalue weighted by molar-refractivity contribution is -0.142. The first-order valence-electron chi connectivity index (χ1n) is 15.1. The molecule has 2 heterocycles. The minimum Gasteiger partial charge on any atom is -0.507 e. The van der Waals surface area contributed by atoms with Gasteiger partial charge in [0.05, 0.1) is 12.1 Å². The minimum atomic E-state index is -1.04. The Bertz CT molecular complexity index is 2060. The van der Waals surface area contributed by atoms with Crippen molar-refractivity contribution in [3.63, 3.8) is 0 Å². The number of aliphatic hydroxyl groups is 1. The van der Waals surface area contributed by atoms with E-state index in [0.717, 1.165) is 33.2 Å². The van der Waals surface area contributed by atoms with Gasteiger partial charge in [0.1, 0.15) is 23.2 Å². The number of rotatable bonds is 8. The van der Waals surface area contributed by atoms with Crippen molar-refractivity contribution in [1.29, 1.82) is 0 Å². The molecule has 0 unspecified atom stereocenters. The largest absolute Gasteiger partial charge is 0.507 e. The molecular weight excluding hydrogens is 607 g/mol. The number of fused-ring (bicyclic) bond motifs is 1. The summed E-state index contributed by atoms with van der Waals surface area (Å²) in [7, 11) is 0. The average Bonchev–Trinajstić information content (AvgIpc) is 3.08. The van der Waals surface area contributed by atoms with E-state index in [1.165, 1.54) is 41.4 Å². The molecule has 7 nitrogen and oxygen atoms in total. The van der Waals surface area contributed by atoms with Gasteiger partial charge in [-0.2, -0.15) is 0 Å². The van der Waals surface area contributed by atoms with Gasteiger partial charge in [0.15, 0.2) is 0 Å². The molecule has 0 bridgehead atoms. The van der Waals surface area contributed by atoms with Crippen molar-refractivity contribution in [2.75, 3.05) is 31.1 Å². The van der Waals surface area contributed by atoms with Gasteiger partial charge in [-0.3, -0.25) is 14.4 Å². The predicted octanol–water partition coefficient (Wildman–Crippen LogP) is 5.87. The number of carbonyl (C=O) groups is 2. The molecule has 4 aromatic carbocycles. The van der Waals surface area contributed by atoms with Gasteiger partial charge < -0.3 is 19.5 Å². The Morgan fingerprint density at radius 2 is 1.43 bits per heavy atom. The third-order valence-electron chi connectivity index (χ3n) is 8.31. The van der Waals surface area contributed by atoms with Gasteiger partial charge in [0, 0.05) is 67.1 Å². The second-order valence-corrected chi connectivity index (χ2v) is 11.3. The van der Waals surface area contributed by atoms with Crippen LogP contribution in [0.4, 0.5) is 18.9 Å². The Balaban J connectivity index is 1.24. The van der Waals surface area contributed by atoms with Crippen LogP contribution in [0.2, 0.25) is 0 Å². The third kappa shape index (κ3) is 6.67. The summed E-state index contributed by atoms with van der Waals surface area (Å²) < 4.78 is 44.6. The first-order chi connectivity index (χ1) is 22.7. The summed E-state index contributed by atoms with van der Waals surface area (Å²) >= 11 is 0. The molecule has 6 rings (SSSR count). The highest BCUT2D eigenvalue weighted by Gasteiger charge is 2.27. The molecule has 0 spiro atoms. The monoisotopic (exact) mass is 637 g/mol. The highest BCUT2D eigenvalue weighted by molar-refractivity contribution is 6.41. The standard InChI is InChI=1S/C37H30F3N3O4/c38-30-11-4-2-8-26(30)23-43-22-24(19-28-31(39)12-6-13-32(28)40)20-29(36(43)46)34(44)21-35(45)37(47)42-17-15-41(16-18-42)33-14-5-9-25-7-1-3-10-27(25)33/h1-14,20-22,44H,15-19,23H2. The van der Waals surface area contributed by atoms with E-state index in [4.69, 9.17) is 0 Å². The molecule has 238 valence electrons. The molecule has 0 aliphatic carbocycles. The maximum Gasteiger partial charge on any atom is 0.294 e. The van der Waals surface area contributed by atoms with Crippen LogP contribution < -0.4 is 10.5 Å². The quantitative estimate of drug-likeness (QED) is 0.131. The number of hydrogen-bond donors (Lipinski definition) is 1. The molecular formula is C37H30F3N3O4. The van der Waals surface area contributed by atoms with E-state index in [1.807, 2.05) is 42.5 Å². The number of aromatic nitrogens is 1. The molecule has 0 atom stereocenters. The van der Waals surface area contributed by atoms with Crippen molar-refractivity contribution in [2.24, 2.45) is 0 Å². The average molecular weight is 638 g/mol. The maximum absolute atomic E-state index is 14.5. The van der Waals surface area contributed by atoms with Gasteiger partial charge in [0.2, 0.25) is 5.78 Å². The number of pyridine rings is 1. The maximum atomic E-state index is 14.5. The van der Waals surface area contributed by atoms with Crippen LogP contribution in [0.1, 0.15) is 22.3 Å². The van der Waals surface area contributed by atoms with E-state index in [1.54, 1.807) is 6.07 Å². The molecule has 1 aliphatic rings. The summed E-state index contributed by atoms with van der Waals surface area (Å²) in [4.78, 5) is 43.2. The molecule has 0 radical (unpaired) electrons. The molecule has 1 amide bonds. The van der Waals surface area contributed by atoms with Crippen LogP contribution in [0.25, 0.3) is 16.5 Å². The van der Waals surface area contributed by atoms with E-state index in [2.05, 4.69) is 4.90 Å². The van der Waals surface area contributed by atoms with Crippen LogP contribution in [-0.4, -0.2) is 52.4 Å². The van der Waals surface area contributed by atoms with Crippen LogP contribution in [0, 0.1) is 17.5 Å². The first-order valence-corrected chi connectivity index (χ1v) is 15.1. The molecule has 47 heavy (non-hydrogen) atoms. The Morgan fingerprint density at radius 3 is 2.17 bits per heavy atom. The lowest BCUT2D eigenvalue weighted by Gasteiger charge is -2.36. The number of piperazine rings is 1. The van der Waals surface area contributed by atoms with Crippen molar-refractivity contribution < 1.29 is 27.9 Å². The number of halogens is 3. The zero-order chi connectivity index (χ0) is 33.1. The fourth-order valence-corrected chi connectivity index (χ4v) is 5.87. The summed E-state index contributed by atoms with van der Waals surface area (Å²) in [5, 5.41) is 13.2. The molecule has 1 fully saturated rings. The number of amides is 1. The molecule has 1 aliphatic heterocycles. The summed E-state index contributed by atoms with van der Waals surface area (Å²) in [5.41, 5.74) is -0.0376. The van der Waals surface area contributed by atoms with Gasteiger partial charge >= 0.3 is 0 Å². The fraction of sp³-hybridized carbons (Fsp3) is 0.162. The third-order valence-corrected chi connectivity index (χ3v) is 8.31. The smallest absolute Gasteiger partial charge is 0.294 e. The summed E-state index contributed by atoms with van der Waals surface area (Å²) in [6.07, 6.45) is 1.70. The fourth-order valence-electron chi connectivity index (χ4n) is 5.87. The van der Waals surface area contributed by atoms with Crippen molar-refractivity contribution in [1.82, 2.24) is 9.47 Å². The van der Waals surface area contributed by atoms with E-state index < -0.39 is 40.5 Å². The molecule has 5 aromatic rings. The van der Waals surface area contributed by atoms with Crippen molar-refractivity contribution in [2.45, 2.75) is 13.0 Å². The van der Waals surface area contributed by atoms with E-state index in [9.17, 15) is 32.7 Å². The minimum absolute atomic E-state index is 0.159. The molecule has 1 aromatic heterocycles. The summed E-state index contributed by atoms with van der Waals surface area (Å²) in [5.74, 6) is -4.86. The highest BCUT2D eigenvalue weighted by atomic mass is 19.1. The topological polar surface area (TPSA) is 82.8 Å². The second kappa shape index (κ2) is 13.4. The number of benzene rings is 4. The zero-order valence-electron chi connectivity index (χ0n) is 25.2. The Kier molecular flexibility index (Phi) is 8.92. The Labute approximate surface area is 268 Å². The van der Waals surface area contributed by atoms with Gasteiger partial charge in [-0.25, -0.2) is 13.2 Å². The molecule has 0 saturated carbocycles. The molecule has 1 N–H and O–H groups in total. The summed E-state index contributed by atoms with van der Waals surface area (Å²) in [6, 6.07) is 24.4.